The second kappa shape index (κ2) is 2.67. The molecule has 56 valence electrons. The Balaban J connectivity index is 2.86. The summed E-state index contributed by atoms with van der Waals surface area (Å²) in [6, 6.07) is 12.3. The average Bonchev–Trinajstić information content (AvgIpc) is 2.04. The fourth-order valence-corrected chi connectivity index (χ4v) is 1.46. The van der Waals surface area contributed by atoms with Crippen molar-refractivity contribution in [3.05, 3.63) is 42.0 Å². The van der Waals surface area contributed by atoms with E-state index in [1.807, 2.05) is 12.1 Å². The smallest absolute Gasteiger partial charge is 0.0960 e. The molecule has 0 aliphatic carbocycles. The molecule has 0 aromatic heterocycles. The molecule has 2 aromatic carbocycles. The Morgan fingerprint density at radius 2 is 1.92 bits per heavy atom. The van der Waals surface area contributed by atoms with Crippen molar-refractivity contribution in [1.82, 2.24) is 0 Å². The Kier molecular flexibility index (Phi) is 1.65. The van der Waals surface area contributed by atoms with Gasteiger partial charge in [-0.15, -0.1) is 0 Å². The van der Waals surface area contributed by atoms with Crippen LogP contribution in [0, 0.1) is 6.92 Å². The number of fused-ring (bicyclic) bond motifs is 1. The molecule has 2 aromatic rings. The Hall–Kier alpha value is -1.24. The summed E-state index contributed by atoms with van der Waals surface area (Å²) in [4.78, 5) is 0. The summed E-state index contributed by atoms with van der Waals surface area (Å²) in [7, 11) is 5.67. The second-order valence-electron chi connectivity index (χ2n) is 3.06. The normalized spacial score (nSPS) is 10.4. The largest absolute Gasteiger partial charge is 0.113 e. The van der Waals surface area contributed by atoms with E-state index in [4.69, 9.17) is 7.85 Å². The van der Waals surface area contributed by atoms with Crippen LogP contribution in [0.1, 0.15) is 5.56 Å². The van der Waals surface area contributed by atoms with Crippen molar-refractivity contribution in [2.75, 3.05) is 0 Å². The average molecular weight is 152 g/mol. The monoisotopic (exact) mass is 152 g/mol. The molecular formula is C11H9B. The van der Waals surface area contributed by atoms with Crippen LogP contribution in [0.3, 0.4) is 0 Å². The minimum absolute atomic E-state index is 0.827. The van der Waals surface area contributed by atoms with Crippen LogP contribution in [0.2, 0.25) is 0 Å². The van der Waals surface area contributed by atoms with Gasteiger partial charge in [-0.2, -0.15) is 0 Å². The Bertz CT molecular complexity index is 418. The van der Waals surface area contributed by atoms with Gasteiger partial charge in [0, 0.05) is 0 Å². The molecule has 2 radical (unpaired) electrons. The quantitative estimate of drug-likeness (QED) is 0.506. The molecule has 0 unspecified atom stereocenters. The van der Waals surface area contributed by atoms with Gasteiger partial charge >= 0.3 is 0 Å². The van der Waals surface area contributed by atoms with E-state index in [1.54, 1.807) is 0 Å². The minimum Gasteiger partial charge on any atom is -0.0960 e. The standard InChI is InChI=1S/C11H9B/c1-8-3-2-4-9-7-10(12)5-6-11(8)9/h2-7H,1H3. The summed E-state index contributed by atoms with van der Waals surface area (Å²) in [6.45, 7) is 2.11. The Labute approximate surface area is 73.6 Å². The molecule has 0 N–H and O–H groups in total. The fraction of sp³-hybridized carbons (Fsp3) is 0.0909. The van der Waals surface area contributed by atoms with E-state index in [2.05, 4.69) is 31.2 Å². The van der Waals surface area contributed by atoms with Crippen LogP contribution in [-0.2, 0) is 0 Å². The number of benzene rings is 2. The van der Waals surface area contributed by atoms with Gasteiger partial charge in [-0.1, -0.05) is 41.9 Å². The second-order valence-corrected chi connectivity index (χ2v) is 3.06. The molecule has 0 spiro atoms. The van der Waals surface area contributed by atoms with E-state index in [-0.39, 0.29) is 0 Å². The summed E-state index contributed by atoms with van der Waals surface area (Å²) in [5, 5.41) is 2.50. The lowest BCUT2D eigenvalue weighted by molar-refractivity contribution is 1.54. The number of hydrogen-bond acceptors (Lipinski definition) is 0. The SMILES string of the molecule is [B]c1ccc2c(C)cccc2c1. The van der Waals surface area contributed by atoms with Crippen LogP contribution in [0.4, 0.5) is 0 Å². The number of aryl methyl sites for hydroxylation is 1. The van der Waals surface area contributed by atoms with Crippen LogP contribution in [-0.4, -0.2) is 7.85 Å². The molecule has 12 heavy (non-hydrogen) atoms. The van der Waals surface area contributed by atoms with Crippen LogP contribution in [0.5, 0.6) is 0 Å². The predicted octanol–water partition coefficient (Wildman–Crippen LogP) is 1.94. The van der Waals surface area contributed by atoms with Gasteiger partial charge in [0.1, 0.15) is 7.85 Å². The van der Waals surface area contributed by atoms with Crippen LogP contribution in [0.15, 0.2) is 36.4 Å². The van der Waals surface area contributed by atoms with Crippen LogP contribution < -0.4 is 5.46 Å². The van der Waals surface area contributed by atoms with Crippen molar-refractivity contribution >= 4 is 24.1 Å². The molecule has 0 fully saturated rings. The van der Waals surface area contributed by atoms with E-state index >= 15 is 0 Å². The lowest BCUT2D eigenvalue weighted by Gasteiger charge is -2.01. The zero-order chi connectivity index (χ0) is 8.55. The third kappa shape index (κ3) is 1.12. The van der Waals surface area contributed by atoms with Crippen LogP contribution in [0.25, 0.3) is 10.8 Å². The molecule has 0 saturated heterocycles. The molecule has 0 atom stereocenters. The van der Waals surface area contributed by atoms with Gasteiger partial charge in [-0.25, -0.2) is 0 Å². The van der Waals surface area contributed by atoms with Crippen molar-refractivity contribution in [3.8, 4) is 0 Å². The summed E-state index contributed by atoms with van der Waals surface area (Å²) in [6.07, 6.45) is 0. The molecule has 0 heterocycles. The van der Waals surface area contributed by atoms with E-state index < -0.39 is 0 Å². The van der Waals surface area contributed by atoms with Crippen LogP contribution >= 0.6 is 0 Å². The predicted molar refractivity (Wildman–Crippen MR) is 54.1 cm³/mol. The fourth-order valence-electron chi connectivity index (χ4n) is 1.46. The summed E-state index contributed by atoms with van der Waals surface area (Å²) < 4.78 is 0. The molecule has 0 saturated carbocycles. The molecule has 1 heteroatoms. The lowest BCUT2D eigenvalue weighted by Crippen LogP contribution is -1.99. The third-order valence-electron chi connectivity index (χ3n) is 2.12. The first-order chi connectivity index (χ1) is 5.77. The van der Waals surface area contributed by atoms with E-state index in [9.17, 15) is 0 Å². The lowest BCUT2D eigenvalue weighted by atomic mass is 9.92. The topological polar surface area (TPSA) is 0 Å². The van der Waals surface area contributed by atoms with Crippen molar-refractivity contribution in [1.29, 1.82) is 0 Å². The first-order valence-electron chi connectivity index (χ1n) is 4.02. The Morgan fingerprint density at radius 3 is 2.75 bits per heavy atom. The van der Waals surface area contributed by atoms with Gasteiger partial charge in [0.25, 0.3) is 0 Å². The van der Waals surface area contributed by atoms with E-state index in [0.717, 1.165) is 5.46 Å². The van der Waals surface area contributed by atoms with Gasteiger partial charge in [0.15, 0.2) is 0 Å². The summed E-state index contributed by atoms with van der Waals surface area (Å²) in [5.74, 6) is 0. The highest BCUT2D eigenvalue weighted by Gasteiger charge is 1.94. The Morgan fingerprint density at radius 1 is 1.08 bits per heavy atom. The highest BCUT2D eigenvalue weighted by atomic mass is 14.0. The van der Waals surface area contributed by atoms with Gasteiger partial charge < -0.3 is 0 Å². The van der Waals surface area contributed by atoms with Gasteiger partial charge in [-0.05, 0) is 23.3 Å². The molecule has 0 amide bonds. The highest BCUT2D eigenvalue weighted by molar-refractivity contribution is 6.33. The minimum atomic E-state index is 0.827. The number of rotatable bonds is 0. The van der Waals surface area contributed by atoms with Crippen molar-refractivity contribution in [2.24, 2.45) is 0 Å². The zero-order valence-electron chi connectivity index (χ0n) is 7.04. The van der Waals surface area contributed by atoms with Gasteiger partial charge in [0.2, 0.25) is 0 Å². The van der Waals surface area contributed by atoms with Crippen molar-refractivity contribution < 1.29 is 0 Å². The van der Waals surface area contributed by atoms with E-state index in [0.29, 0.717) is 0 Å². The number of hydrogen-bond donors (Lipinski definition) is 0. The van der Waals surface area contributed by atoms with Gasteiger partial charge in [-0.3, -0.25) is 0 Å². The molecule has 2 rings (SSSR count). The maximum absolute atomic E-state index is 5.67. The maximum Gasteiger partial charge on any atom is 0.113 e. The molecule has 0 aliphatic rings. The third-order valence-corrected chi connectivity index (χ3v) is 2.12. The van der Waals surface area contributed by atoms with E-state index in [1.165, 1.54) is 16.3 Å². The van der Waals surface area contributed by atoms with Crippen molar-refractivity contribution in [3.63, 3.8) is 0 Å². The molecular weight excluding hydrogens is 143 g/mol. The first kappa shape index (κ1) is 7.42. The maximum atomic E-state index is 5.67. The summed E-state index contributed by atoms with van der Waals surface area (Å²) >= 11 is 0. The zero-order valence-corrected chi connectivity index (χ0v) is 7.04. The highest BCUT2D eigenvalue weighted by Crippen LogP contribution is 2.15. The van der Waals surface area contributed by atoms with Gasteiger partial charge in [0.05, 0.1) is 0 Å². The molecule has 0 bridgehead atoms. The van der Waals surface area contributed by atoms with Crippen molar-refractivity contribution in [2.45, 2.75) is 6.92 Å². The first-order valence-corrected chi connectivity index (χ1v) is 4.02. The molecule has 0 nitrogen and oxygen atoms in total. The summed E-state index contributed by atoms with van der Waals surface area (Å²) in [5.41, 5.74) is 2.13. The molecule has 0 aliphatic heterocycles.